The van der Waals surface area contributed by atoms with Crippen molar-refractivity contribution in [2.45, 2.75) is 13.8 Å². The molecule has 0 atom stereocenters. The smallest absolute Gasteiger partial charge is 0.216 e. The Morgan fingerprint density at radius 3 is 2.50 bits per heavy atom. The standard InChI is InChI=1S/C25H15N2O.C5H8O2.Ir/c1-27-22-13-11-16-6-2-3-7-17(16)18(22)12-14-23(27)21-9-4-8-19-20-10-5-15-26-25(20)28-24(19)21;1-4(6)3-5(2)7;/h2-8,10-15H,1H2;3,6H,1-2H3;/q-1;;/b;4-3-;. The molecule has 0 amide bonds. The third kappa shape index (κ3) is 4.61. The first kappa shape index (κ1) is 25.1. The van der Waals surface area contributed by atoms with E-state index in [2.05, 4.69) is 66.6 Å². The summed E-state index contributed by atoms with van der Waals surface area (Å²) in [5.41, 5.74) is 4.33. The summed E-state index contributed by atoms with van der Waals surface area (Å²) in [4.78, 5) is 14.4. The van der Waals surface area contributed by atoms with Crippen LogP contribution in [-0.2, 0) is 24.9 Å². The van der Waals surface area contributed by atoms with Gasteiger partial charge in [0, 0.05) is 44.8 Å². The van der Waals surface area contributed by atoms with Crippen molar-refractivity contribution in [3.8, 4) is 11.3 Å². The van der Waals surface area contributed by atoms with Crippen LogP contribution in [0.4, 0.5) is 0 Å². The molecule has 0 spiro atoms. The summed E-state index contributed by atoms with van der Waals surface area (Å²) in [7, 11) is 4.33. The summed E-state index contributed by atoms with van der Waals surface area (Å²) in [5, 5.41) is 14.0. The molecule has 6 heteroatoms. The van der Waals surface area contributed by atoms with E-state index in [4.69, 9.17) is 9.52 Å². The molecule has 0 bridgehead atoms. The first-order chi connectivity index (χ1) is 16.9. The Morgan fingerprint density at radius 2 is 1.75 bits per heavy atom. The molecule has 0 saturated heterocycles. The van der Waals surface area contributed by atoms with E-state index in [-0.39, 0.29) is 31.6 Å². The zero-order chi connectivity index (χ0) is 24.5. The predicted molar refractivity (Wildman–Crippen MR) is 139 cm³/mol. The monoisotopic (exact) mass is 652 g/mol. The van der Waals surface area contributed by atoms with E-state index < -0.39 is 0 Å². The van der Waals surface area contributed by atoms with Crippen molar-refractivity contribution in [1.82, 2.24) is 4.98 Å². The SMILES string of the molecule is CC(=O)/C=C(/C)O.[CH2-][n+]1c(-c2[c-]ccc3c2oc2ncccc23)ccc2c3ccccc3ccc21.[Ir]. The van der Waals surface area contributed by atoms with Gasteiger partial charge in [0.05, 0.1) is 11.3 Å². The van der Waals surface area contributed by atoms with Crippen LogP contribution < -0.4 is 4.57 Å². The van der Waals surface area contributed by atoms with Gasteiger partial charge in [0.2, 0.25) is 5.71 Å². The van der Waals surface area contributed by atoms with Crippen molar-refractivity contribution >= 4 is 49.5 Å². The van der Waals surface area contributed by atoms with Crippen molar-refractivity contribution < 1.29 is 39.0 Å². The number of nitrogens with zero attached hydrogens (tertiary/aromatic N) is 2. The number of carbonyl (C=O) groups is 1. The van der Waals surface area contributed by atoms with E-state index in [0.29, 0.717) is 5.71 Å². The van der Waals surface area contributed by atoms with E-state index in [1.165, 1.54) is 36.1 Å². The second kappa shape index (κ2) is 10.3. The average Bonchev–Trinajstić information content (AvgIpc) is 3.23. The Hall–Kier alpha value is -3.99. The van der Waals surface area contributed by atoms with Gasteiger partial charge in [0.15, 0.2) is 5.78 Å². The minimum absolute atomic E-state index is 0. The molecule has 0 aliphatic heterocycles. The van der Waals surface area contributed by atoms with Gasteiger partial charge in [0.1, 0.15) is 11.2 Å². The molecule has 36 heavy (non-hydrogen) atoms. The molecule has 3 aromatic heterocycles. The Kier molecular flexibility index (Phi) is 7.20. The third-order valence-corrected chi connectivity index (χ3v) is 5.81. The molecule has 0 unspecified atom stereocenters. The normalized spacial score (nSPS) is 11.3. The molecule has 5 nitrogen and oxygen atoms in total. The number of pyridine rings is 2. The van der Waals surface area contributed by atoms with Crippen LogP contribution in [0.1, 0.15) is 13.8 Å². The summed E-state index contributed by atoms with van der Waals surface area (Å²) < 4.78 is 8.06. The van der Waals surface area contributed by atoms with Crippen molar-refractivity contribution in [3.05, 3.63) is 104 Å². The average molecular weight is 652 g/mol. The minimum Gasteiger partial charge on any atom is -0.512 e. The van der Waals surface area contributed by atoms with Gasteiger partial charge in [-0.1, -0.05) is 41.8 Å². The number of aliphatic hydroxyl groups excluding tert-OH is 1. The van der Waals surface area contributed by atoms with Crippen LogP contribution in [0.2, 0.25) is 0 Å². The molecule has 0 aliphatic rings. The molecular formula is C30H23IrN2O3-. The molecule has 1 radical (unpaired) electrons. The van der Waals surface area contributed by atoms with Gasteiger partial charge in [-0.3, -0.25) is 4.79 Å². The molecule has 6 aromatic rings. The maximum absolute atomic E-state index is 10.0. The van der Waals surface area contributed by atoms with Gasteiger partial charge < -0.3 is 14.1 Å². The van der Waals surface area contributed by atoms with Crippen LogP contribution in [-0.4, -0.2) is 15.9 Å². The van der Waals surface area contributed by atoms with Crippen LogP contribution >= 0.6 is 0 Å². The largest absolute Gasteiger partial charge is 0.512 e. The molecule has 3 heterocycles. The van der Waals surface area contributed by atoms with Crippen molar-refractivity contribution in [2.24, 2.45) is 0 Å². The van der Waals surface area contributed by atoms with Crippen molar-refractivity contribution in [1.29, 1.82) is 0 Å². The number of benzene rings is 3. The number of rotatable bonds is 2. The molecule has 6 rings (SSSR count). The zero-order valence-electron chi connectivity index (χ0n) is 19.8. The number of aliphatic hydroxyl groups is 1. The third-order valence-electron chi connectivity index (χ3n) is 5.81. The number of aromatic nitrogens is 2. The summed E-state index contributed by atoms with van der Waals surface area (Å²) in [5.74, 6) is -0.0625. The summed E-state index contributed by atoms with van der Waals surface area (Å²) in [6, 6.07) is 28.2. The van der Waals surface area contributed by atoms with Crippen molar-refractivity contribution in [3.63, 3.8) is 0 Å². The predicted octanol–water partition coefficient (Wildman–Crippen LogP) is 6.72. The quantitative estimate of drug-likeness (QED) is 0.0743. The molecular weight excluding hydrogens is 629 g/mol. The van der Waals surface area contributed by atoms with Gasteiger partial charge in [-0.15, -0.1) is 18.2 Å². The Balaban J connectivity index is 0.000000338. The molecule has 0 aliphatic carbocycles. The Bertz CT molecular complexity index is 1770. The van der Waals surface area contributed by atoms with Crippen LogP contribution in [0.15, 0.2) is 95.2 Å². The zero-order valence-corrected chi connectivity index (χ0v) is 22.2. The molecule has 181 valence electrons. The minimum atomic E-state index is -0.125. The fourth-order valence-electron chi connectivity index (χ4n) is 4.36. The first-order valence-corrected chi connectivity index (χ1v) is 11.2. The number of allylic oxidation sites excluding steroid dienone is 2. The van der Waals surface area contributed by atoms with Gasteiger partial charge in [-0.05, 0) is 59.8 Å². The topological polar surface area (TPSA) is 67.2 Å². The maximum Gasteiger partial charge on any atom is 0.216 e. The van der Waals surface area contributed by atoms with E-state index in [9.17, 15) is 4.79 Å². The second-order valence-electron chi connectivity index (χ2n) is 8.32. The van der Waals surface area contributed by atoms with Crippen molar-refractivity contribution in [2.75, 3.05) is 0 Å². The number of ketones is 1. The number of hydrogen-bond acceptors (Lipinski definition) is 4. The van der Waals surface area contributed by atoms with Gasteiger partial charge in [0.25, 0.3) is 0 Å². The second-order valence-corrected chi connectivity index (χ2v) is 8.32. The van der Waals surface area contributed by atoms with Gasteiger partial charge >= 0.3 is 0 Å². The fraction of sp³-hybridized carbons (Fsp3) is 0.0667. The van der Waals surface area contributed by atoms with E-state index in [1.54, 1.807) is 6.20 Å². The van der Waals surface area contributed by atoms with E-state index in [0.717, 1.165) is 33.1 Å². The molecule has 0 fully saturated rings. The number of carbonyl (C=O) groups excluding carboxylic acids is 1. The van der Waals surface area contributed by atoms with Crippen LogP contribution in [0, 0.1) is 13.1 Å². The number of hydrogen-bond donors (Lipinski definition) is 1. The maximum atomic E-state index is 10.0. The molecule has 1 N–H and O–H groups in total. The van der Waals surface area contributed by atoms with E-state index >= 15 is 0 Å². The number of furan rings is 1. The number of fused-ring (bicyclic) bond motifs is 6. The van der Waals surface area contributed by atoms with E-state index in [1.807, 2.05) is 28.8 Å². The van der Waals surface area contributed by atoms with Crippen LogP contribution in [0.5, 0.6) is 0 Å². The molecule has 0 saturated carbocycles. The van der Waals surface area contributed by atoms with Gasteiger partial charge in [-0.2, -0.15) is 0 Å². The summed E-state index contributed by atoms with van der Waals surface area (Å²) >= 11 is 0. The van der Waals surface area contributed by atoms with Crippen LogP contribution in [0.3, 0.4) is 0 Å². The summed E-state index contributed by atoms with van der Waals surface area (Å²) in [6.07, 6.45) is 2.91. The fourth-order valence-corrected chi connectivity index (χ4v) is 4.36. The molecule has 3 aromatic carbocycles. The Morgan fingerprint density at radius 1 is 0.972 bits per heavy atom. The van der Waals surface area contributed by atoms with Gasteiger partial charge in [-0.25, -0.2) is 4.98 Å². The first-order valence-electron chi connectivity index (χ1n) is 11.2. The Labute approximate surface area is 222 Å². The summed E-state index contributed by atoms with van der Waals surface area (Å²) in [6.45, 7) is 2.85. The van der Waals surface area contributed by atoms with Crippen LogP contribution in [0.25, 0.3) is 55.0 Å².